The second-order valence-corrected chi connectivity index (χ2v) is 4.22. The molecule has 1 rings (SSSR count). The Morgan fingerprint density at radius 3 is 2.25 bits per heavy atom. The molecule has 0 bridgehead atoms. The molecule has 0 aliphatic carbocycles. The van der Waals surface area contributed by atoms with Gasteiger partial charge in [-0.05, 0) is 25.1 Å². The summed E-state index contributed by atoms with van der Waals surface area (Å²) < 4.78 is 37.9. The molecule has 0 aromatic heterocycles. The van der Waals surface area contributed by atoms with Crippen molar-refractivity contribution in [3.05, 3.63) is 23.8 Å². The molecule has 8 heteroatoms. The second kappa shape index (κ2) is 5.91. The van der Waals surface area contributed by atoms with Crippen molar-refractivity contribution >= 4 is 23.2 Å². The first-order valence-corrected chi connectivity index (χ1v) is 5.66. The van der Waals surface area contributed by atoms with Gasteiger partial charge in [-0.15, -0.1) is 0 Å². The fourth-order valence-electron chi connectivity index (χ4n) is 1.37. The predicted molar refractivity (Wildman–Crippen MR) is 68.0 cm³/mol. The molecule has 0 heterocycles. The Morgan fingerprint density at radius 1 is 1.20 bits per heavy atom. The first kappa shape index (κ1) is 16.0. The number of nitrogens with one attached hydrogen (secondary N) is 2. The molecule has 0 fully saturated rings. The highest BCUT2D eigenvalue weighted by Crippen LogP contribution is 2.34. The lowest BCUT2D eigenvalue weighted by Gasteiger charge is -2.15. The monoisotopic (exact) mass is 289 g/mol. The van der Waals surface area contributed by atoms with Gasteiger partial charge >= 0.3 is 6.18 Å². The summed E-state index contributed by atoms with van der Waals surface area (Å²) in [4.78, 5) is 22.5. The largest absolute Gasteiger partial charge is 0.416 e. The van der Waals surface area contributed by atoms with Crippen LogP contribution in [0.3, 0.4) is 0 Å². The number of carbonyl (C=O) groups excluding carboxylic acids is 2. The van der Waals surface area contributed by atoms with Crippen LogP contribution in [0.2, 0.25) is 0 Å². The smallest absolute Gasteiger partial charge is 0.325 e. The maximum Gasteiger partial charge on any atom is 0.416 e. The number of anilines is 2. The molecular weight excluding hydrogens is 275 g/mol. The van der Waals surface area contributed by atoms with E-state index >= 15 is 0 Å². The number of nitrogens with two attached hydrogens (primary N) is 1. The average molecular weight is 289 g/mol. The number of rotatable bonds is 3. The standard InChI is InChI=1S/C12H14F3N3O2/c1-6(16)11(20)18-10-5-8(12(13,14)15)3-4-9(10)17-7(2)19/h3-6H,16H2,1-2H3,(H,17,19)(H,18,20)/t6-/m0/s1. The van der Waals surface area contributed by atoms with Crippen molar-refractivity contribution in [1.29, 1.82) is 0 Å². The Balaban J connectivity index is 3.19. The van der Waals surface area contributed by atoms with Crippen molar-refractivity contribution in [3.63, 3.8) is 0 Å². The number of alkyl halides is 3. The van der Waals surface area contributed by atoms with Gasteiger partial charge in [0.15, 0.2) is 0 Å². The van der Waals surface area contributed by atoms with Crippen LogP contribution in [0.1, 0.15) is 19.4 Å². The first-order chi connectivity index (χ1) is 9.11. The van der Waals surface area contributed by atoms with E-state index < -0.39 is 29.6 Å². The molecule has 0 radical (unpaired) electrons. The number of benzene rings is 1. The summed E-state index contributed by atoms with van der Waals surface area (Å²) in [5.41, 5.74) is 4.31. The fourth-order valence-corrected chi connectivity index (χ4v) is 1.37. The Hall–Kier alpha value is -2.09. The molecule has 110 valence electrons. The van der Waals surface area contributed by atoms with E-state index in [0.717, 1.165) is 18.2 Å². The van der Waals surface area contributed by atoms with Gasteiger partial charge < -0.3 is 16.4 Å². The van der Waals surface area contributed by atoms with Crippen LogP contribution in [0.4, 0.5) is 24.5 Å². The van der Waals surface area contributed by atoms with Crippen LogP contribution >= 0.6 is 0 Å². The second-order valence-electron chi connectivity index (χ2n) is 4.22. The molecule has 1 aromatic carbocycles. The summed E-state index contributed by atoms with van der Waals surface area (Å²) in [6, 6.07) is 1.73. The Bertz CT molecular complexity index is 527. The molecule has 0 spiro atoms. The number of amides is 2. The summed E-state index contributed by atoms with van der Waals surface area (Å²) in [5, 5.41) is 4.58. The van der Waals surface area contributed by atoms with Gasteiger partial charge in [-0.3, -0.25) is 9.59 Å². The number of halogens is 3. The van der Waals surface area contributed by atoms with Crippen LogP contribution in [0.5, 0.6) is 0 Å². The summed E-state index contributed by atoms with van der Waals surface area (Å²) in [6.07, 6.45) is -4.55. The van der Waals surface area contributed by atoms with Crippen molar-refractivity contribution in [1.82, 2.24) is 0 Å². The summed E-state index contributed by atoms with van der Waals surface area (Å²) in [5.74, 6) is -1.13. The van der Waals surface area contributed by atoms with E-state index in [9.17, 15) is 22.8 Å². The van der Waals surface area contributed by atoms with Crippen molar-refractivity contribution < 1.29 is 22.8 Å². The zero-order chi connectivity index (χ0) is 15.5. The molecule has 0 saturated heterocycles. The van der Waals surface area contributed by atoms with Gasteiger partial charge in [0, 0.05) is 6.92 Å². The van der Waals surface area contributed by atoms with Crippen molar-refractivity contribution in [3.8, 4) is 0 Å². The van der Waals surface area contributed by atoms with E-state index in [4.69, 9.17) is 5.73 Å². The molecule has 0 saturated carbocycles. The van der Waals surface area contributed by atoms with E-state index in [0.29, 0.717) is 0 Å². The molecule has 5 nitrogen and oxygen atoms in total. The van der Waals surface area contributed by atoms with Crippen molar-refractivity contribution in [2.75, 3.05) is 10.6 Å². The van der Waals surface area contributed by atoms with Crippen LogP contribution in [0.15, 0.2) is 18.2 Å². The molecule has 0 aliphatic rings. The third-order valence-corrected chi connectivity index (χ3v) is 2.33. The minimum Gasteiger partial charge on any atom is -0.325 e. The molecule has 0 aliphatic heterocycles. The highest BCUT2D eigenvalue weighted by Gasteiger charge is 2.31. The van der Waals surface area contributed by atoms with Crippen LogP contribution < -0.4 is 16.4 Å². The molecule has 0 unspecified atom stereocenters. The Labute approximate surface area is 113 Å². The van der Waals surface area contributed by atoms with Gasteiger partial charge in [0.25, 0.3) is 0 Å². The molecule has 20 heavy (non-hydrogen) atoms. The van der Waals surface area contributed by atoms with Gasteiger partial charge in [-0.2, -0.15) is 13.2 Å². The van der Waals surface area contributed by atoms with Crippen LogP contribution in [0.25, 0.3) is 0 Å². The van der Waals surface area contributed by atoms with E-state index in [1.807, 2.05) is 0 Å². The van der Waals surface area contributed by atoms with E-state index in [1.54, 1.807) is 0 Å². The highest BCUT2D eigenvalue weighted by atomic mass is 19.4. The average Bonchev–Trinajstić information content (AvgIpc) is 2.28. The minimum absolute atomic E-state index is 0.0690. The number of hydrogen-bond acceptors (Lipinski definition) is 3. The Kier molecular flexibility index (Phi) is 4.72. The van der Waals surface area contributed by atoms with Gasteiger partial charge in [0.05, 0.1) is 23.0 Å². The van der Waals surface area contributed by atoms with Gasteiger partial charge in [-0.1, -0.05) is 0 Å². The normalized spacial score (nSPS) is 12.7. The lowest BCUT2D eigenvalue weighted by Crippen LogP contribution is -2.32. The van der Waals surface area contributed by atoms with Crippen LogP contribution in [-0.4, -0.2) is 17.9 Å². The maximum atomic E-state index is 12.6. The molecule has 4 N–H and O–H groups in total. The summed E-state index contributed by atoms with van der Waals surface area (Å²) in [6.45, 7) is 2.59. The maximum absolute atomic E-state index is 12.6. The topological polar surface area (TPSA) is 84.2 Å². The zero-order valence-corrected chi connectivity index (χ0v) is 10.8. The van der Waals surface area contributed by atoms with Crippen molar-refractivity contribution in [2.45, 2.75) is 26.1 Å². The van der Waals surface area contributed by atoms with Gasteiger partial charge in [-0.25, -0.2) is 0 Å². The molecule has 1 aromatic rings. The van der Waals surface area contributed by atoms with Crippen LogP contribution in [0, 0.1) is 0 Å². The summed E-state index contributed by atoms with van der Waals surface area (Å²) in [7, 11) is 0. The van der Waals surface area contributed by atoms with Crippen molar-refractivity contribution in [2.24, 2.45) is 5.73 Å². The molecule has 1 atom stereocenters. The van der Waals surface area contributed by atoms with E-state index in [1.165, 1.54) is 13.8 Å². The lowest BCUT2D eigenvalue weighted by molar-refractivity contribution is -0.137. The third-order valence-electron chi connectivity index (χ3n) is 2.33. The SMILES string of the molecule is CC(=O)Nc1ccc(C(F)(F)F)cc1NC(=O)[C@H](C)N. The first-order valence-electron chi connectivity index (χ1n) is 5.66. The lowest BCUT2D eigenvalue weighted by atomic mass is 10.1. The number of carbonyl (C=O) groups is 2. The number of hydrogen-bond donors (Lipinski definition) is 3. The van der Waals surface area contributed by atoms with Gasteiger partial charge in [0.1, 0.15) is 0 Å². The fraction of sp³-hybridized carbons (Fsp3) is 0.333. The third kappa shape index (κ3) is 4.23. The van der Waals surface area contributed by atoms with Crippen LogP contribution in [-0.2, 0) is 15.8 Å². The van der Waals surface area contributed by atoms with E-state index in [2.05, 4.69) is 10.6 Å². The molecular formula is C12H14F3N3O2. The summed E-state index contributed by atoms with van der Waals surface area (Å²) >= 11 is 0. The van der Waals surface area contributed by atoms with E-state index in [-0.39, 0.29) is 11.4 Å². The minimum atomic E-state index is -4.55. The molecule has 2 amide bonds. The quantitative estimate of drug-likeness (QED) is 0.795. The predicted octanol–water partition coefficient (Wildman–Crippen LogP) is 1.95. The van der Waals surface area contributed by atoms with Gasteiger partial charge in [0.2, 0.25) is 11.8 Å². The zero-order valence-electron chi connectivity index (χ0n) is 10.8. The Morgan fingerprint density at radius 2 is 1.80 bits per heavy atom. The highest BCUT2D eigenvalue weighted by molar-refractivity contribution is 6.00.